The molecule has 8 heteroatoms. The smallest absolute Gasteiger partial charge is 0.260 e. The Morgan fingerprint density at radius 3 is 2.77 bits per heavy atom. The summed E-state index contributed by atoms with van der Waals surface area (Å²) in [6.07, 6.45) is 2.07. The molecule has 2 aromatic carbocycles. The van der Waals surface area contributed by atoms with Crippen LogP contribution < -0.4 is 4.90 Å². The van der Waals surface area contributed by atoms with Gasteiger partial charge in [0, 0.05) is 36.6 Å². The Morgan fingerprint density at radius 2 is 2.03 bits per heavy atom. The molecule has 1 aromatic heterocycles. The van der Waals surface area contributed by atoms with Crippen LogP contribution in [0.3, 0.4) is 0 Å². The topological polar surface area (TPSA) is 45.7 Å². The fraction of sp³-hybridized carbons (Fsp3) is 0.364. The number of ether oxygens (including phenoxy) is 1. The van der Waals surface area contributed by atoms with Gasteiger partial charge in [0.15, 0.2) is 5.13 Å². The van der Waals surface area contributed by atoms with Gasteiger partial charge < -0.3 is 4.74 Å². The van der Waals surface area contributed by atoms with Crippen molar-refractivity contribution in [3.05, 3.63) is 53.6 Å². The van der Waals surface area contributed by atoms with E-state index >= 15 is 0 Å². The van der Waals surface area contributed by atoms with Crippen LogP contribution in [0.1, 0.15) is 15.9 Å². The van der Waals surface area contributed by atoms with Gasteiger partial charge in [-0.2, -0.15) is 0 Å². The van der Waals surface area contributed by atoms with Gasteiger partial charge in [-0.25, -0.2) is 4.98 Å². The summed E-state index contributed by atoms with van der Waals surface area (Å²) in [6, 6.07) is 14.1. The second-order valence-electron chi connectivity index (χ2n) is 7.11. The molecule has 0 N–H and O–H groups in total. The van der Waals surface area contributed by atoms with Gasteiger partial charge in [-0.1, -0.05) is 29.0 Å². The summed E-state index contributed by atoms with van der Waals surface area (Å²) in [5, 5.41) is 0.762. The van der Waals surface area contributed by atoms with E-state index in [-0.39, 0.29) is 18.3 Å². The molecule has 1 fully saturated rings. The van der Waals surface area contributed by atoms with Gasteiger partial charge in [-0.15, -0.1) is 24.2 Å². The molecule has 1 aliphatic rings. The molecule has 0 bridgehead atoms. The predicted octanol–water partition coefficient (Wildman–Crippen LogP) is 4.73. The van der Waals surface area contributed by atoms with Crippen LogP contribution in [-0.4, -0.2) is 61.4 Å². The number of carbonyl (C=O) groups is 1. The first-order valence-corrected chi connectivity index (χ1v) is 11.8. The van der Waals surface area contributed by atoms with Crippen LogP contribution in [0, 0.1) is 6.92 Å². The minimum Gasteiger partial charge on any atom is -0.379 e. The lowest BCUT2D eigenvalue weighted by atomic mass is 10.1. The van der Waals surface area contributed by atoms with Crippen molar-refractivity contribution in [2.75, 3.05) is 50.5 Å². The average Bonchev–Trinajstić information content (AvgIpc) is 3.17. The van der Waals surface area contributed by atoms with E-state index in [1.54, 1.807) is 23.1 Å². The Bertz CT molecular complexity index is 1000. The van der Waals surface area contributed by atoms with Crippen molar-refractivity contribution in [3.8, 4) is 0 Å². The van der Waals surface area contributed by atoms with E-state index in [9.17, 15) is 4.79 Å². The van der Waals surface area contributed by atoms with Crippen LogP contribution in [0.4, 0.5) is 5.13 Å². The lowest BCUT2D eigenvalue weighted by Gasteiger charge is -2.29. The molecule has 0 spiro atoms. The second-order valence-corrected chi connectivity index (χ2v) is 9.00. The molecule has 1 aliphatic heterocycles. The molecule has 5 nitrogen and oxygen atoms in total. The highest BCUT2D eigenvalue weighted by Crippen LogP contribution is 2.32. The minimum absolute atomic E-state index is 0. The fourth-order valence-corrected chi connectivity index (χ4v) is 4.96. The van der Waals surface area contributed by atoms with Crippen LogP contribution in [0.25, 0.3) is 10.2 Å². The SMILES string of the molecule is CSc1ccc2nc(N(CCN3CCOCC3)C(=O)c3cccc(C)c3)sc2c1.Cl. The average molecular weight is 464 g/mol. The lowest BCUT2D eigenvalue weighted by Crippen LogP contribution is -2.43. The number of halogens is 1. The molecule has 30 heavy (non-hydrogen) atoms. The maximum absolute atomic E-state index is 13.4. The number of nitrogens with zero attached hydrogens (tertiary/aromatic N) is 3. The van der Waals surface area contributed by atoms with Crippen LogP contribution >= 0.6 is 35.5 Å². The monoisotopic (exact) mass is 463 g/mol. The number of aromatic nitrogens is 1. The fourth-order valence-electron chi connectivity index (χ4n) is 3.42. The van der Waals surface area contributed by atoms with Crippen molar-refractivity contribution in [3.63, 3.8) is 0 Å². The first kappa shape index (κ1) is 23.0. The zero-order valence-corrected chi connectivity index (χ0v) is 19.6. The Morgan fingerprint density at radius 1 is 1.23 bits per heavy atom. The van der Waals surface area contributed by atoms with Gasteiger partial charge in [0.05, 0.1) is 23.4 Å². The number of thioether (sulfide) groups is 1. The molecular formula is C22H26ClN3O2S2. The summed E-state index contributed by atoms with van der Waals surface area (Å²) in [7, 11) is 0. The molecule has 0 unspecified atom stereocenters. The quantitative estimate of drug-likeness (QED) is 0.494. The third kappa shape index (κ3) is 5.34. The van der Waals surface area contributed by atoms with Crippen LogP contribution in [0.5, 0.6) is 0 Å². The number of rotatable bonds is 6. The van der Waals surface area contributed by atoms with E-state index in [1.165, 1.54) is 4.90 Å². The molecule has 0 aliphatic carbocycles. The van der Waals surface area contributed by atoms with Crippen LogP contribution in [0.15, 0.2) is 47.4 Å². The molecule has 0 atom stereocenters. The van der Waals surface area contributed by atoms with Crippen molar-refractivity contribution in [2.24, 2.45) is 0 Å². The van der Waals surface area contributed by atoms with E-state index < -0.39 is 0 Å². The Kier molecular flexibility index (Phi) is 8.13. The maximum atomic E-state index is 13.4. The van der Waals surface area contributed by atoms with Crippen LogP contribution in [-0.2, 0) is 4.74 Å². The lowest BCUT2D eigenvalue weighted by molar-refractivity contribution is 0.0391. The molecule has 4 rings (SSSR count). The van der Waals surface area contributed by atoms with Crippen molar-refractivity contribution < 1.29 is 9.53 Å². The first-order valence-electron chi connectivity index (χ1n) is 9.77. The van der Waals surface area contributed by atoms with E-state index in [0.29, 0.717) is 12.1 Å². The van der Waals surface area contributed by atoms with E-state index in [4.69, 9.17) is 9.72 Å². The first-order chi connectivity index (χ1) is 14.1. The second kappa shape index (κ2) is 10.6. The van der Waals surface area contributed by atoms with Gasteiger partial charge in [0.25, 0.3) is 5.91 Å². The summed E-state index contributed by atoms with van der Waals surface area (Å²) < 4.78 is 6.56. The zero-order chi connectivity index (χ0) is 20.2. The van der Waals surface area contributed by atoms with Gasteiger partial charge >= 0.3 is 0 Å². The van der Waals surface area contributed by atoms with Gasteiger partial charge in [-0.3, -0.25) is 14.6 Å². The molecule has 1 amide bonds. The van der Waals surface area contributed by atoms with Crippen molar-refractivity contribution in [2.45, 2.75) is 11.8 Å². The minimum atomic E-state index is 0. The third-order valence-electron chi connectivity index (χ3n) is 5.07. The number of hydrogen-bond donors (Lipinski definition) is 0. The summed E-state index contributed by atoms with van der Waals surface area (Å²) in [6.45, 7) is 6.76. The van der Waals surface area contributed by atoms with Crippen LogP contribution in [0.2, 0.25) is 0 Å². The highest BCUT2D eigenvalue weighted by molar-refractivity contribution is 7.98. The van der Waals surface area contributed by atoms with Crippen molar-refractivity contribution >= 4 is 56.8 Å². The summed E-state index contributed by atoms with van der Waals surface area (Å²) >= 11 is 3.30. The van der Waals surface area contributed by atoms with Crippen molar-refractivity contribution in [1.82, 2.24) is 9.88 Å². The Balaban J connectivity index is 0.00000256. The largest absolute Gasteiger partial charge is 0.379 e. The zero-order valence-electron chi connectivity index (χ0n) is 17.2. The standard InChI is InChI=1S/C22H25N3O2S2.ClH/c1-16-4-3-5-17(14-16)21(26)25(9-8-24-10-12-27-13-11-24)22-23-19-7-6-18(28-2)15-20(19)29-22;/h3-7,14-15H,8-13H2,1-2H3;1H. The molecule has 0 saturated carbocycles. The van der Waals surface area contributed by atoms with Gasteiger partial charge in [0.1, 0.15) is 0 Å². The number of carbonyl (C=O) groups excluding carboxylic acids is 1. The van der Waals surface area contributed by atoms with E-state index in [2.05, 4.69) is 23.3 Å². The number of fused-ring (bicyclic) bond motifs is 1. The third-order valence-corrected chi connectivity index (χ3v) is 6.84. The van der Waals surface area contributed by atoms with E-state index in [0.717, 1.165) is 53.8 Å². The molecular weight excluding hydrogens is 438 g/mol. The highest BCUT2D eigenvalue weighted by Gasteiger charge is 2.23. The van der Waals surface area contributed by atoms with Gasteiger partial charge in [-0.05, 0) is 43.5 Å². The summed E-state index contributed by atoms with van der Waals surface area (Å²) in [4.78, 5) is 23.6. The number of hydrogen-bond acceptors (Lipinski definition) is 6. The summed E-state index contributed by atoms with van der Waals surface area (Å²) in [5.74, 6) is 0.00565. The van der Waals surface area contributed by atoms with E-state index in [1.807, 2.05) is 42.2 Å². The summed E-state index contributed by atoms with van der Waals surface area (Å²) in [5.41, 5.74) is 2.73. The molecule has 3 aromatic rings. The Labute approximate surface area is 191 Å². The van der Waals surface area contributed by atoms with Gasteiger partial charge in [0.2, 0.25) is 0 Å². The normalized spacial score (nSPS) is 14.5. The highest BCUT2D eigenvalue weighted by atomic mass is 35.5. The van der Waals surface area contributed by atoms with Crippen molar-refractivity contribution in [1.29, 1.82) is 0 Å². The molecule has 1 saturated heterocycles. The number of thiazole rings is 1. The maximum Gasteiger partial charge on any atom is 0.260 e. The molecule has 2 heterocycles. The predicted molar refractivity (Wildman–Crippen MR) is 129 cm³/mol. The molecule has 0 radical (unpaired) electrons. The number of anilines is 1. The number of morpholine rings is 1. The molecule has 160 valence electrons. The Hall–Kier alpha value is -1.64. The number of amides is 1. The number of aryl methyl sites for hydroxylation is 1. The number of benzene rings is 2.